The summed E-state index contributed by atoms with van der Waals surface area (Å²) in [6.45, 7) is 0.456. The largest absolute Gasteiger partial charge is 0.293 e. The van der Waals surface area contributed by atoms with Crippen LogP contribution in [0.1, 0.15) is 21.8 Å². The molecule has 0 bridgehead atoms. The lowest BCUT2D eigenvalue weighted by Gasteiger charge is -2.16. The molecular formula is C16H14N4O. The molecule has 0 spiro atoms. The summed E-state index contributed by atoms with van der Waals surface area (Å²) < 4.78 is 1.67. The molecule has 3 aromatic rings. The summed E-state index contributed by atoms with van der Waals surface area (Å²) >= 11 is 0. The fourth-order valence-electron chi connectivity index (χ4n) is 2.25. The summed E-state index contributed by atoms with van der Waals surface area (Å²) in [7, 11) is 0. The smallest absolute Gasteiger partial charge is 0.173 e. The Hall–Kier alpha value is -2.82. The zero-order valence-corrected chi connectivity index (χ0v) is 11.3. The molecule has 0 amide bonds. The van der Waals surface area contributed by atoms with Gasteiger partial charge in [-0.3, -0.25) is 14.5 Å². The summed E-state index contributed by atoms with van der Waals surface area (Å²) in [4.78, 5) is 20.7. The van der Waals surface area contributed by atoms with Gasteiger partial charge in [-0.2, -0.15) is 5.10 Å². The Bertz CT molecular complexity index is 696. The van der Waals surface area contributed by atoms with Crippen LogP contribution in [-0.2, 0) is 6.54 Å². The van der Waals surface area contributed by atoms with E-state index in [9.17, 15) is 4.79 Å². The van der Waals surface area contributed by atoms with Crippen molar-refractivity contribution in [3.05, 3.63) is 78.6 Å². The van der Waals surface area contributed by atoms with E-state index in [4.69, 9.17) is 0 Å². The molecule has 2 aromatic heterocycles. The van der Waals surface area contributed by atoms with E-state index in [0.717, 1.165) is 5.56 Å². The number of aromatic nitrogens is 4. The van der Waals surface area contributed by atoms with Crippen molar-refractivity contribution < 1.29 is 4.79 Å². The number of carbonyl (C=O) groups is 1. The van der Waals surface area contributed by atoms with Crippen LogP contribution in [0, 0.1) is 0 Å². The quantitative estimate of drug-likeness (QED) is 0.672. The second-order valence-corrected chi connectivity index (χ2v) is 4.69. The van der Waals surface area contributed by atoms with Gasteiger partial charge in [0.2, 0.25) is 0 Å². The van der Waals surface area contributed by atoms with Gasteiger partial charge in [-0.25, -0.2) is 4.98 Å². The third kappa shape index (κ3) is 3.02. The molecule has 21 heavy (non-hydrogen) atoms. The molecule has 0 radical (unpaired) electrons. The van der Waals surface area contributed by atoms with Crippen LogP contribution in [0.2, 0.25) is 0 Å². The van der Waals surface area contributed by atoms with E-state index in [2.05, 4.69) is 15.1 Å². The molecule has 0 N–H and O–H groups in total. The van der Waals surface area contributed by atoms with Crippen molar-refractivity contribution in [1.82, 2.24) is 19.7 Å². The number of rotatable bonds is 5. The van der Waals surface area contributed by atoms with Crippen molar-refractivity contribution in [2.75, 3.05) is 0 Å². The van der Waals surface area contributed by atoms with Crippen LogP contribution in [0.5, 0.6) is 0 Å². The number of hydrogen-bond donors (Lipinski definition) is 0. The van der Waals surface area contributed by atoms with E-state index >= 15 is 0 Å². The summed E-state index contributed by atoms with van der Waals surface area (Å²) in [6, 6.07) is 13.3. The average Bonchev–Trinajstić information content (AvgIpc) is 3.07. The highest BCUT2D eigenvalue weighted by atomic mass is 16.1. The molecule has 1 aromatic carbocycles. The molecule has 0 fully saturated rings. The molecule has 1 unspecified atom stereocenters. The van der Waals surface area contributed by atoms with Gasteiger partial charge in [0, 0.05) is 18.0 Å². The van der Waals surface area contributed by atoms with Crippen LogP contribution >= 0.6 is 0 Å². The normalized spacial score (nSPS) is 12.0. The Morgan fingerprint density at radius 1 is 1.10 bits per heavy atom. The molecular weight excluding hydrogens is 264 g/mol. The minimum Gasteiger partial charge on any atom is -0.293 e. The SMILES string of the molecule is O=C(c1cccnc1)C(Cn1cncn1)c1ccccc1. The van der Waals surface area contributed by atoms with Crippen molar-refractivity contribution in [2.24, 2.45) is 0 Å². The van der Waals surface area contributed by atoms with Gasteiger partial charge >= 0.3 is 0 Å². The first kappa shape index (κ1) is 13.2. The Morgan fingerprint density at radius 2 is 1.95 bits per heavy atom. The first-order valence-electron chi connectivity index (χ1n) is 6.66. The predicted octanol–water partition coefficient (Wildman–Crippen LogP) is 2.34. The molecule has 0 saturated carbocycles. The lowest BCUT2D eigenvalue weighted by atomic mass is 9.91. The molecule has 0 aliphatic rings. The monoisotopic (exact) mass is 278 g/mol. The Balaban J connectivity index is 1.94. The van der Waals surface area contributed by atoms with Gasteiger partial charge < -0.3 is 0 Å². The van der Waals surface area contributed by atoms with Crippen LogP contribution in [0.4, 0.5) is 0 Å². The van der Waals surface area contributed by atoms with Gasteiger partial charge in [-0.05, 0) is 17.7 Å². The standard InChI is InChI=1S/C16H14N4O/c21-16(14-7-4-8-17-9-14)15(10-20-12-18-11-19-20)13-5-2-1-3-6-13/h1-9,11-12,15H,10H2. The van der Waals surface area contributed by atoms with Crippen molar-refractivity contribution in [3.8, 4) is 0 Å². The Labute approximate surface area is 122 Å². The van der Waals surface area contributed by atoms with E-state index in [1.165, 1.54) is 6.33 Å². The lowest BCUT2D eigenvalue weighted by molar-refractivity contribution is 0.0948. The highest BCUT2D eigenvalue weighted by Gasteiger charge is 2.23. The van der Waals surface area contributed by atoms with Crippen molar-refractivity contribution in [3.63, 3.8) is 0 Å². The maximum absolute atomic E-state index is 12.8. The van der Waals surface area contributed by atoms with Gasteiger partial charge in [0.1, 0.15) is 12.7 Å². The topological polar surface area (TPSA) is 60.7 Å². The van der Waals surface area contributed by atoms with Crippen molar-refractivity contribution >= 4 is 5.78 Å². The summed E-state index contributed by atoms with van der Waals surface area (Å²) in [5.41, 5.74) is 1.56. The first-order chi connectivity index (χ1) is 10.3. The van der Waals surface area contributed by atoms with E-state index in [1.807, 2.05) is 30.3 Å². The lowest BCUT2D eigenvalue weighted by Crippen LogP contribution is -2.19. The molecule has 1 atom stereocenters. The Kier molecular flexibility index (Phi) is 3.82. The fourth-order valence-corrected chi connectivity index (χ4v) is 2.25. The van der Waals surface area contributed by atoms with Crippen LogP contribution in [0.25, 0.3) is 0 Å². The number of hydrogen-bond acceptors (Lipinski definition) is 4. The maximum atomic E-state index is 12.8. The van der Waals surface area contributed by atoms with E-state index in [0.29, 0.717) is 12.1 Å². The molecule has 0 aliphatic heterocycles. The number of ketones is 1. The number of pyridine rings is 1. The van der Waals surface area contributed by atoms with Crippen LogP contribution in [0.15, 0.2) is 67.5 Å². The molecule has 104 valence electrons. The zero-order chi connectivity index (χ0) is 14.5. The van der Waals surface area contributed by atoms with E-state index < -0.39 is 0 Å². The first-order valence-corrected chi connectivity index (χ1v) is 6.66. The fraction of sp³-hybridized carbons (Fsp3) is 0.125. The molecule has 0 saturated heterocycles. The summed E-state index contributed by atoms with van der Waals surface area (Å²) in [5.74, 6) is -0.276. The summed E-state index contributed by atoms with van der Waals surface area (Å²) in [6.07, 6.45) is 6.34. The molecule has 2 heterocycles. The van der Waals surface area contributed by atoms with Gasteiger partial charge in [0.05, 0.1) is 12.5 Å². The third-order valence-corrected chi connectivity index (χ3v) is 3.30. The van der Waals surface area contributed by atoms with Crippen LogP contribution < -0.4 is 0 Å². The van der Waals surface area contributed by atoms with Gasteiger partial charge in [0.15, 0.2) is 5.78 Å². The second-order valence-electron chi connectivity index (χ2n) is 4.69. The van der Waals surface area contributed by atoms with Gasteiger partial charge in [-0.1, -0.05) is 30.3 Å². The Morgan fingerprint density at radius 3 is 2.62 bits per heavy atom. The molecule has 3 rings (SSSR count). The number of benzene rings is 1. The minimum absolute atomic E-state index is 0.0322. The number of carbonyl (C=O) groups excluding carboxylic acids is 1. The second kappa shape index (κ2) is 6.09. The molecule has 5 heteroatoms. The molecule has 0 aliphatic carbocycles. The highest BCUT2D eigenvalue weighted by molar-refractivity contribution is 6.00. The average molecular weight is 278 g/mol. The number of Topliss-reactive ketones (excluding diaryl/α,β-unsaturated/α-hetero) is 1. The third-order valence-electron chi connectivity index (χ3n) is 3.30. The van der Waals surface area contributed by atoms with Crippen LogP contribution in [-0.4, -0.2) is 25.5 Å². The van der Waals surface area contributed by atoms with E-state index in [1.54, 1.807) is 35.5 Å². The zero-order valence-electron chi connectivity index (χ0n) is 11.3. The minimum atomic E-state index is -0.308. The van der Waals surface area contributed by atoms with Crippen molar-refractivity contribution in [1.29, 1.82) is 0 Å². The van der Waals surface area contributed by atoms with Crippen molar-refractivity contribution in [2.45, 2.75) is 12.5 Å². The van der Waals surface area contributed by atoms with Gasteiger partial charge in [0.25, 0.3) is 0 Å². The van der Waals surface area contributed by atoms with E-state index in [-0.39, 0.29) is 11.7 Å². The van der Waals surface area contributed by atoms with Gasteiger partial charge in [-0.15, -0.1) is 0 Å². The summed E-state index contributed by atoms with van der Waals surface area (Å²) in [5, 5.41) is 4.10. The predicted molar refractivity (Wildman–Crippen MR) is 77.8 cm³/mol. The maximum Gasteiger partial charge on any atom is 0.173 e. The molecule has 5 nitrogen and oxygen atoms in total. The van der Waals surface area contributed by atoms with Crippen LogP contribution in [0.3, 0.4) is 0 Å². The highest BCUT2D eigenvalue weighted by Crippen LogP contribution is 2.22. The number of nitrogens with zero attached hydrogens (tertiary/aromatic N) is 4.